The number of aryl methyl sites for hydroxylation is 2. The second-order valence-corrected chi connectivity index (χ2v) is 4.80. The average Bonchev–Trinajstić information content (AvgIpc) is 2.67. The molecule has 0 saturated carbocycles. The summed E-state index contributed by atoms with van der Waals surface area (Å²) in [5.74, 6) is 0. The Labute approximate surface area is 114 Å². The lowest BCUT2D eigenvalue weighted by atomic mass is 10.2. The van der Waals surface area contributed by atoms with Crippen molar-refractivity contribution in [3.63, 3.8) is 0 Å². The van der Waals surface area contributed by atoms with E-state index in [-0.39, 0.29) is 6.61 Å². The van der Waals surface area contributed by atoms with E-state index in [1.54, 1.807) is 0 Å². The highest BCUT2D eigenvalue weighted by Gasteiger charge is 2.12. The van der Waals surface area contributed by atoms with Crippen molar-refractivity contribution in [1.29, 1.82) is 0 Å². The number of hydrogen-bond donors (Lipinski definition) is 2. The van der Waals surface area contributed by atoms with Gasteiger partial charge >= 0.3 is 0 Å². The first-order valence-corrected chi connectivity index (χ1v) is 6.57. The van der Waals surface area contributed by atoms with E-state index < -0.39 is 0 Å². The van der Waals surface area contributed by atoms with Gasteiger partial charge in [0.25, 0.3) is 0 Å². The summed E-state index contributed by atoms with van der Waals surface area (Å²) in [6.45, 7) is 7.69. The number of rotatable bonds is 5. The molecular weight excluding hydrogens is 238 g/mol. The first kappa shape index (κ1) is 13.8. The summed E-state index contributed by atoms with van der Waals surface area (Å²) in [6.07, 6.45) is 0. The van der Waals surface area contributed by atoms with Crippen molar-refractivity contribution in [2.75, 3.05) is 13.2 Å². The molecule has 0 bridgehead atoms. The van der Waals surface area contributed by atoms with E-state index >= 15 is 0 Å². The van der Waals surface area contributed by atoms with Crippen LogP contribution in [0.3, 0.4) is 0 Å². The molecule has 0 amide bonds. The van der Waals surface area contributed by atoms with Crippen molar-refractivity contribution in [1.82, 2.24) is 15.1 Å². The zero-order chi connectivity index (χ0) is 13.8. The van der Waals surface area contributed by atoms with Crippen LogP contribution in [0.25, 0.3) is 5.69 Å². The highest BCUT2D eigenvalue weighted by atomic mass is 16.3. The van der Waals surface area contributed by atoms with Gasteiger partial charge in [0.1, 0.15) is 0 Å². The van der Waals surface area contributed by atoms with Crippen LogP contribution in [0.5, 0.6) is 0 Å². The van der Waals surface area contributed by atoms with Crippen LogP contribution >= 0.6 is 0 Å². The molecule has 0 unspecified atom stereocenters. The Bertz CT molecular complexity index is 561. The molecule has 0 atom stereocenters. The zero-order valence-electron chi connectivity index (χ0n) is 11.8. The molecule has 2 aromatic rings. The molecule has 0 aliphatic rings. The number of aromatic nitrogens is 2. The van der Waals surface area contributed by atoms with Crippen molar-refractivity contribution in [2.45, 2.75) is 27.3 Å². The molecule has 1 heterocycles. The number of benzene rings is 1. The van der Waals surface area contributed by atoms with Gasteiger partial charge in [-0.05, 0) is 38.5 Å². The van der Waals surface area contributed by atoms with Crippen LogP contribution in [-0.4, -0.2) is 28.0 Å². The van der Waals surface area contributed by atoms with Crippen molar-refractivity contribution in [2.24, 2.45) is 0 Å². The minimum Gasteiger partial charge on any atom is -0.395 e. The SMILES string of the molecule is Cc1cccc(-n2nc(C)c(CNCCO)c2C)c1. The molecule has 0 spiro atoms. The minimum absolute atomic E-state index is 0.157. The van der Waals surface area contributed by atoms with Crippen LogP contribution in [0.1, 0.15) is 22.5 Å². The van der Waals surface area contributed by atoms with Crippen LogP contribution in [0.15, 0.2) is 24.3 Å². The Hall–Kier alpha value is -1.65. The van der Waals surface area contributed by atoms with Crippen molar-refractivity contribution < 1.29 is 5.11 Å². The summed E-state index contributed by atoms with van der Waals surface area (Å²) in [6, 6.07) is 8.32. The minimum atomic E-state index is 0.157. The number of nitrogens with one attached hydrogen (secondary N) is 1. The Balaban J connectivity index is 2.30. The van der Waals surface area contributed by atoms with E-state index in [2.05, 4.69) is 42.5 Å². The molecule has 19 heavy (non-hydrogen) atoms. The molecule has 0 aliphatic heterocycles. The number of nitrogens with zero attached hydrogens (tertiary/aromatic N) is 2. The molecule has 2 N–H and O–H groups in total. The van der Waals surface area contributed by atoms with Crippen LogP contribution in [0, 0.1) is 20.8 Å². The van der Waals surface area contributed by atoms with E-state index in [0.717, 1.165) is 23.6 Å². The molecule has 2 rings (SSSR count). The van der Waals surface area contributed by atoms with E-state index in [1.807, 2.05) is 17.7 Å². The van der Waals surface area contributed by atoms with Crippen molar-refractivity contribution in [3.05, 3.63) is 46.8 Å². The Morgan fingerprint density at radius 2 is 2.05 bits per heavy atom. The Kier molecular flexibility index (Phi) is 4.35. The van der Waals surface area contributed by atoms with Crippen molar-refractivity contribution in [3.8, 4) is 5.69 Å². The summed E-state index contributed by atoms with van der Waals surface area (Å²) < 4.78 is 1.98. The van der Waals surface area contributed by atoms with Gasteiger partial charge in [0.15, 0.2) is 0 Å². The molecule has 0 fully saturated rings. The molecular formula is C15H21N3O. The molecule has 4 nitrogen and oxygen atoms in total. The lowest BCUT2D eigenvalue weighted by Gasteiger charge is -2.07. The molecule has 0 aliphatic carbocycles. The lowest BCUT2D eigenvalue weighted by molar-refractivity contribution is 0.292. The quantitative estimate of drug-likeness (QED) is 0.806. The van der Waals surface area contributed by atoms with Crippen LogP contribution in [0.4, 0.5) is 0 Å². The first-order valence-electron chi connectivity index (χ1n) is 6.57. The summed E-state index contributed by atoms with van der Waals surface area (Å²) in [5, 5.41) is 16.6. The topological polar surface area (TPSA) is 50.1 Å². The third-order valence-corrected chi connectivity index (χ3v) is 3.28. The number of aliphatic hydroxyl groups is 1. The monoisotopic (exact) mass is 259 g/mol. The Morgan fingerprint density at radius 1 is 1.26 bits per heavy atom. The smallest absolute Gasteiger partial charge is 0.0651 e. The molecule has 1 aromatic heterocycles. The molecule has 0 radical (unpaired) electrons. The van der Waals surface area contributed by atoms with E-state index in [1.165, 1.54) is 11.1 Å². The normalized spacial score (nSPS) is 10.9. The predicted molar refractivity (Wildman–Crippen MR) is 76.6 cm³/mol. The van der Waals surface area contributed by atoms with Gasteiger partial charge in [-0.15, -0.1) is 0 Å². The second kappa shape index (κ2) is 5.99. The largest absolute Gasteiger partial charge is 0.395 e. The maximum absolute atomic E-state index is 8.81. The van der Waals surface area contributed by atoms with Crippen LogP contribution in [-0.2, 0) is 6.54 Å². The third-order valence-electron chi connectivity index (χ3n) is 3.28. The van der Waals surface area contributed by atoms with Gasteiger partial charge in [-0.25, -0.2) is 4.68 Å². The molecule has 1 aromatic carbocycles. The fourth-order valence-electron chi connectivity index (χ4n) is 2.23. The average molecular weight is 259 g/mol. The summed E-state index contributed by atoms with van der Waals surface area (Å²) in [4.78, 5) is 0. The van der Waals surface area contributed by atoms with Crippen LogP contribution in [0.2, 0.25) is 0 Å². The van der Waals surface area contributed by atoms with E-state index in [9.17, 15) is 0 Å². The maximum Gasteiger partial charge on any atom is 0.0651 e. The molecule has 0 saturated heterocycles. The maximum atomic E-state index is 8.81. The lowest BCUT2D eigenvalue weighted by Crippen LogP contribution is -2.18. The first-order chi connectivity index (χ1) is 9.13. The van der Waals surface area contributed by atoms with Gasteiger partial charge in [0, 0.05) is 24.3 Å². The predicted octanol–water partition coefficient (Wildman–Crippen LogP) is 1.88. The third kappa shape index (κ3) is 3.03. The van der Waals surface area contributed by atoms with Gasteiger partial charge in [0.2, 0.25) is 0 Å². The number of hydrogen-bond acceptors (Lipinski definition) is 3. The summed E-state index contributed by atoms with van der Waals surface area (Å²) in [7, 11) is 0. The van der Waals surface area contributed by atoms with Crippen molar-refractivity contribution >= 4 is 0 Å². The number of aliphatic hydroxyl groups excluding tert-OH is 1. The highest BCUT2D eigenvalue weighted by molar-refractivity contribution is 5.39. The zero-order valence-corrected chi connectivity index (χ0v) is 11.8. The molecule has 4 heteroatoms. The standard InChI is InChI=1S/C15H21N3O/c1-11-5-4-6-14(9-11)18-13(3)15(12(2)17-18)10-16-7-8-19/h4-6,9,16,19H,7-8,10H2,1-3H3. The summed E-state index contributed by atoms with van der Waals surface area (Å²) in [5.41, 5.74) is 5.70. The highest BCUT2D eigenvalue weighted by Crippen LogP contribution is 2.18. The van der Waals surface area contributed by atoms with Gasteiger partial charge in [-0.3, -0.25) is 0 Å². The fraction of sp³-hybridized carbons (Fsp3) is 0.400. The van der Waals surface area contributed by atoms with Crippen LogP contribution < -0.4 is 5.32 Å². The molecule has 102 valence electrons. The van der Waals surface area contributed by atoms with Gasteiger partial charge in [0.05, 0.1) is 18.0 Å². The summed E-state index contributed by atoms with van der Waals surface area (Å²) >= 11 is 0. The van der Waals surface area contributed by atoms with E-state index in [0.29, 0.717) is 6.54 Å². The van der Waals surface area contributed by atoms with Gasteiger partial charge in [-0.1, -0.05) is 12.1 Å². The Morgan fingerprint density at radius 3 is 2.74 bits per heavy atom. The second-order valence-electron chi connectivity index (χ2n) is 4.80. The van der Waals surface area contributed by atoms with Gasteiger partial charge in [-0.2, -0.15) is 5.10 Å². The van der Waals surface area contributed by atoms with E-state index in [4.69, 9.17) is 5.11 Å². The van der Waals surface area contributed by atoms with Gasteiger partial charge < -0.3 is 10.4 Å². The fourth-order valence-corrected chi connectivity index (χ4v) is 2.23.